The normalized spacial score (nSPS) is 10.1. The van der Waals surface area contributed by atoms with Crippen LogP contribution in [0.4, 0.5) is 11.5 Å². The zero-order chi connectivity index (χ0) is 12.0. The molecule has 1 rings (SSSR count). The van der Waals surface area contributed by atoms with Crippen molar-refractivity contribution < 1.29 is 4.92 Å². The Morgan fingerprint density at radius 2 is 2.38 bits per heavy atom. The van der Waals surface area contributed by atoms with Gasteiger partial charge in [-0.3, -0.25) is 10.1 Å². The molecule has 0 saturated carbocycles. The Hall–Kier alpha value is -1.41. The molecule has 1 aromatic heterocycles. The van der Waals surface area contributed by atoms with Crippen LogP contribution in [-0.2, 0) is 0 Å². The van der Waals surface area contributed by atoms with Crippen molar-refractivity contribution in [2.24, 2.45) is 5.84 Å². The second kappa shape index (κ2) is 6.23. The molecule has 0 aliphatic rings. The number of hydrogen-bond acceptors (Lipinski definition) is 7. The molecule has 1 aromatic rings. The molecule has 0 spiro atoms. The largest absolute Gasteiger partial charge is 0.344 e. The van der Waals surface area contributed by atoms with Crippen LogP contribution in [0.5, 0.6) is 0 Å². The van der Waals surface area contributed by atoms with Crippen LogP contribution < -0.4 is 11.3 Å². The highest BCUT2D eigenvalue weighted by Gasteiger charge is 2.22. The molecule has 3 N–H and O–H groups in total. The summed E-state index contributed by atoms with van der Waals surface area (Å²) >= 11 is 1.34. The van der Waals surface area contributed by atoms with Crippen molar-refractivity contribution in [3.05, 3.63) is 16.4 Å². The van der Waals surface area contributed by atoms with E-state index in [-0.39, 0.29) is 11.5 Å². The van der Waals surface area contributed by atoms with Gasteiger partial charge in [0, 0.05) is 0 Å². The summed E-state index contributed by atoms with van der Waals surface area (Å²) < 4.78 is 0. The molecule has 0 fully saturated rings. The smallest absolute Gasteiger partial charge is 0.303 e. The van der Waals surface area contributed by atoms with Crippen LogP contribution in [0.25, 0.3) is 0 Å². The molecule has 0 radical (unpaired) electrons. The second-order valence-corrected chi connectivity index (χ2v) is 4.06. The fourth-order valence-electron chi connectivity index (χ4n) is 1.05. The summed E-state index contributed by atoms with van der Waals surface area (Å²) in [6.45, 7) is 2.06. The highest BCUT2D eigenvalue weighted by Crippen LogP contribution is 2.31. The van der Waals surface area contributed by atoms with Crippen molar-refractivity contribution in [3.8, 4) is 0 Å². The summed E-state index contributed by atoms with van der Waals surface area (Å²) in [4.78, 5) is 17.9. The highest BCUT2D eigenvalue weighted by molar-refractivity contribution is 7.99. The summed E-state index contributed by atoms with van der Waals surface area (Å²) in [6.07, 6.45) is 3.28. The number of nitro groups is 1. The van der Waals surface area contributed by atoms with Crippen molar-refractivity contribution in [2.45, 2.75) is 24.8 Å². The summed E-state index contributed by atoms with van der Waals surface area (Å²) in [6, 6.07) is 0. The highest BCUT2D eigenvalue weighted by atomic mass is 32.2. The monoisotopic (exact) mass is 243 g/mol. The lowest BCUT2D eigenvalue weighted by Crippen LogP contribution is -2.12. The Morgan fingerprint density at radius 1 is 1.62 bits per heavy atom. The zero-order valence-corrected chi connectivity index (χ0v) is 9.66. The van der Waals surface area contributed by atoms with E-state index < -0.39 is 4.92 Å². The van der Waals surface area contributed by atoms with Gasteiger partial charge >= 0.3 is 5.69 Å². The maximum absolute atomic E-state index is 10.9. The number of nitrogens with two attached hydrogens (primary N) is 1. The van der Waals surface area contributed by atoms with Gasteiger partial charge in [-0.15, -0.1) is 0 Å². The molecule has 0 bridgehead atoms. The predicted octanol–water partition coefficient (Wildman–Crippen LogP) is 1.56. The maximum Gasteiger partial charge on any atom is 0.344 e. The minimum absolute atomic E-state index is 0.0407. The van der Waals surface area contributed by atoms with Gasteiger partial charge in [0.1, 0.15) is 6.33 Å². The van der Waals surface area contributed by atoms with Gasteiger partial charge in [-0.2, -0.15) is 0 Å². The molecule has 0 unspecified atom stereocenters. The van der Waals surface area contributed by atoms with Crippen LogP contribution in [-0.4, -0.2) is 20.6 Å². The topological polar surface area (TPSA) is 107 Å². The molecule has 1 heterocycles. The minimum Gasteiger partial charge on any atom is -0.303 e. The van der Waals surface area contributed by atoms with Gasteiger partial charge in [-0.1, -0.05) is 25.1 Å². The van der Waals surface area contributed by atoms with E-state index in [1.165, 1.54) is 18.1 Å². The third-order valence-corrected chi connectivity index (χ3v) is 2.91. The molecule has 0 aliphatic heterocycles. The van der Waals surface area contributed by atoms with Crippen molar-refractivity contribution >= 4 is 23.3 Å². The van der Waals surface area contributed by atoms with Crippen molar-refractivity contribution in [1.82, 2.24) is 9.97 Å². The van der Waals surface area contributed by atoms with Crippen molar-refractivity contribution in [3.63, 3.8) is 0 Å². The van der Waals surface area contributed by atoms with Gasteiger partial charge in [0.25, 0.3) is 0 Å². The van der Waals surface area contributed by atoms with Gasteiger partial charge in [0.15, 0.2) is 5.03 Å². The molecular weight excluding hydrogens is 230 g/mol. The number of hydrazine groups is 1. The van der Waals surface area contributed by atoms with Gasteiger partial charge in [-0.05, 0) is 12.2 Å². The van der Waals surface area contributed by atoms with E-state index >= 15 is 0 Å². The first-order valence-electron chi connectivity index (χ1n) is 4.79. The van der Waals surface area contributed by atoms with Crippen LogP contribution in [0.3, 0.4) is 0 Å². The van der Waals surface area contributed by atoms with E-state index in [9.17, 15) is 10.1 Å². The Labute approximate surface area is 97.0 Å². The first-order valence-corrected chi connectivity index (χ1v) is 5.78. The van der Waals surface area contributed by atoms with Gasteiger partial charge in [0.2, 0.25) is 5.82 Å². The molecule has 8 heteroatoms. The van der Waals surface area contributed by atoms with Crippen LogP contribution >= 0.6 is 11.8 Å². The maximum atomic E-state index is 10.9. The van der Waals surface area contributed by atoms with Gasteiger partial charge < -0.3 is 5.43 Å². The number of anilines is 1. The van der Waals surface area contributed by atoms with Crippen LogP contribution in [0.2, 0.25) is 0 Å². The van der Waals surface area contributed by atoms with Crippen LogP contribution in [0.15, 0.2) is 11.4 Å². The van der Waals surface area contributed by atoms with E-state index in [0.717, 1.165) is 18.6 Å². The molecule has 0 aliphatic carbocycles. The average molecular weight is 243 g/mol. The number of unbranched alkanes of at least 4 members (excludes halogenated alkanes) is 1. The van der Waals surface area contributed by atoms with E-state index in [1.807, 2.05) is 0 Å². The minimum atomic E-state index is -0.524. The number of nitrogen functional groups attached to an aromatic ring is 1. The van der Waals surface area contributed by atoms with Crippen molar-refractivity contribution in [1.29, 1.82) is 0 Å². The molecule has 0 aromatic carbocycles. The van der Waals surface area contributed by atoms with Gasteiger partial charge in [0.05, 0.1) is 4.92 Å². The molecule has 7 nitrogen and oxygen atoms in total. The first-order chi connectivity index (χ1) is 7.70. The third-order valence-electron chi connectivity index (χ3n) is 1.84. The Balaban J connectivity index is 2.93. The van der Waals surface area contributed by atoms with Crippen LogP contribution in [0, 0.1) is 10.1 Å². The SMILES string of the molecule is CCCCSc1ncnc(NN)c1[N+](=O)[O-]. The molecule has 16 heavy (non-hydrogen) atoms. The average Bonchev–Trinajstić information content (AvgIpc) is 2.28. The number of aromatic nitrogens is 2. The lowest BCUT2D eigenvalue weighted by Gasteiger charge is -2.04. The molecule has 0 atom stereocenters. The lowest BCUT2D eigenvalue weighted by atomic mass is 10.4. The second-order valence-electron chi connectivity index (χ2n) is 2.98. The van der Waals surface area contributed by atoms with Crippen LogP contribution in [0.1, 0.15) is 19.8 Å². The molecule has 0 amide bonds. The zero-order valence-electron chi connectivity index (χ0n) is 8.84. The van der Waals surface area contributed by atoms with E-state index in [1.54, 1.807) is 0 Å². The Kier molecular flexibility index (Phi) is 4.93. The van der Waals surface area contributed by atoms with E-state index in [0.29, 0.717) is 5.03 Å². The van der Waals surface area contributed by atoms with E-state index in [2.05, 4.69) is 22.3 Å². The Bertz CT molecular complexity index is 373. The number of thioether (sulfide) groups is 1. The number of nitrogens with zero attached hydrogens (tertiary/aromatic N) is 3. The summed E-state index contributed by atoms with van der Waals surface area (Å²) in [7, 11) is 0. The summed E-state index contributed by atoms with van der Waals surface area (Å²) in [5, 5.41) is 11.2. The fourth-order valence-corrected chi connectivity index (χ4v) is 2.11. The number of rotatable bonds is 6. The van der Waals surface area contributed by atoms with E-state index in [4.69, 9.17) is 5.84 Å². The predicted molar refractivity (Wildman–Crippen MR) is 62.1 cm³/mol. The molecule has 0 saturated heterocycles. The summed E-state index contributed by atoms with van der Waals surface area (Å²) in [5.41, 5.74) is 2.04. The quantitative estimate of drug-likeness (QED) is 0.195. The fraction of sp³-hybridized carbons (Fsp3) is 0.500. The third kappa shape index (κ3) is 3.04. The number of nitrogens with one attached hydrogen (secondary N) is 1. The molecular formula is C8H13N5O2S. The first kappa shape index (κ1) is 12.7. The summed E-state index contributed by atoms with van der Waals surface area (Å²) in [5.74, 6) is 5.99. The van der Waals surface area contributed by atoms with Crippen molar-refractivity contribution in [2.75, 3.05) is 11.2 Å². The van der Waals surface area contributed by atoms with Gasteiger partial charge in [-0.25, -0.2) is 15.8 Å². The number of hydrogen-bond donors (Lipinski definition) is 2. The molecule has 88 valence electrons. The lowest BCUT2D eigenvalue weighted by molar-refractivity contribution is -0.387. The Morgan fingerprint density at radius 3 is 2.94 bits per heavy atom. The standard InChI is InChI=1S/C8H13N5O2S/c1-2-3-4-16-8-6(13(14)15)7(12-9)10-5-11-8/h5H,2-4,9H2,1H3,(H,10,11,12).